The van der Waals surface area contributed by atoms with Crippen molar-refractivity contribution >= 4 is 5.91 Å². The molecule has 1 unspecified atom stereocenters. The Labute approximate surface area is 116 Å². The van der Waals surface area contributed by atoms with Crippen LogP contribution in [-0.4, -0.2) is 19.1 Å². The maximum absolute atomic E-state index is 12.0. The van der Waals surface area contributed by atoms with Gasteiger partial charge >= 0.3 is 0 Å². The third-order valence-electron chi connectivity index (χ3n) is 3.32. The highest BCUT2D eigenvalue weighted by molar-refractivity contribution is 5.97. The van der Waals surface area contributed by atoms with Crippen molar-refractivity contribution < 1.29 is 13.9 Å². The van der Waals surface area contributed by atoms with Gasteiger partial charge in [-0.1, -0.05) is 6.07 Å². The lowest BCUT2D eigenvalue weighted by Gasteiger charge is -2.12. The molecule has 1 amide bonds. The van der Waals surface area contributed by atoms with Gasteiger partial charge in [0, 0.05) is 0 Å². The topological polar surface area (TPSA) is 77.5 Å². The SMILES string of the molecule is Cc1ccc(C(N)c2ccc3c(c2)C(=O)NCCO3)o1. The zero-order valence-corrected chi connectivity index (χ0v) is 11.2. The highest BCUT2D eigenvalue weighted by atomic mass is 16.5. The van der Waals surface area contributed by atoms with Crippen LogP contribution in [0.25, 0.3) is 0 Å². The Morgan fingerprint density at radius 2 is 2.15 bits per heavy atom. The minimum Gasteiger partial charge on any atom is -0.491 e. The molecule has 0 aliphatic carbocycles. The summed E-state index contributed by atoms with van der Waals surface area (Å²) in [4.78, 5) is 12.0. The average molecular weight is 272 g/mol. The molecule has 0 saturated heterocycles. The van der Waals surface area contributed by atoms with Crippen molar-refractivity contribution in [3.8, 4) is 5.75 Å². The number of carbonyl (C=O) groups is 1. The first kappa shape index (κ1) is 12.7. The minimum absolute atomic E-state index is 0.137. The van der Waals surface area contributed by atoms with Gasteiger partial charge in [-0.25, -0.2) is 0 Å². The second-order valence-corrected chi connectivity index (χ2v) is 4.79. The zero-order chi connectivity index (χ0) is 14.1. The molecule has 1 aromatic heterocycles. The zero-order valence-electron chi connectivity index (χ0n) is 11.2. The van der Waals surface area contributed by atoms with Gasteiger partial charge in [0.1, 0.15) is 23.9 Å². The smallest absolute Gasteiger partial charge is 0.255 e. The van der Waals surface area contributed by atoms with E-state index in [0.717, 1.165) is 11.3 Å². The van der Waals surface area contributed by atoms with Gasteiger partial charge in [-0.3, -0.25) is 4.79 Å². The normalized spacial score (nSPS) is 15.8. The van der Waals surface area contributed by atoms with Crippen LogP contribution in [0.4, 0.5) is 0 Å². The van der Waals surface area contributed by atoms with Crippen LogP contribution in [-0.2, 0) is 0 Å². The molecule has 2 aromatic rings. The first-order valence-electron chi connectivity index (χ1n) is 6.52. The fraction of sp³-hybridized carbons (Fsp3) is 0.267. The molecule has 20 heavy (non-hydrogen) atoms. The molecule has 0 fully saturated rings. The molecular weight excluding hydrogens is 256 g/mol. The first-order chi connectivity index (χ1) is 9.65. The van der Waals surface area contributed by atoms with E-state index in [4.69, 9.17) is 14.9 Å². The van der Waals surface area contributed by atoms with Crippen molar-refractivity contribution in [3.05, 3.63) is 53.0 Å². The van der Waals surface area contributed by atoms with Gasteiger partial charge in [0.25, 0.3) is 5.91 Å². The number of amides is 1. The second-order valence-electron chi connectivity index (χ2n) is 4.79. The number of furan rings is 1. The molecule has 3 rings (SSSR count). The van der Waals surface area contributed by atoms with Crippen LogP contribution in [0.1, 0.15) is 33.5 Å². The lowest BCUT2D eigenvalue weighted by atomic mass is 10.0. The standard InChI is InChI=1S/C15H16N2O3/c1-9-2-4-13(20-9)14(16)10-3-5-12-11(8-10)15(18)17-6-7-19-12/h2-5,8,14H,6-7,16H2,1H3,(H,17,18). The van der Waals surface area contributed by atoms with E-state index < -0.39 is 6.04 Å². The number of fused-ring (bicyclic) bond motifs is 1. The Hall–Kier alpha value is -2.27. The molecule has 104 valence electrons. The van der Waals surface area contributed by atoms with Crippen molar-refractivity contribution in [1.29, 1.82) is 0 Å². The van der Waals surface area contributed by atoms with E-state index in [9.17, 15) is 4.79 Å². The number of ether oxygens (including phenoxy) is 1. The van der Waals surface area contributed by atoms with Crippen LogP contribution in [0.2, 0.25) is 0 Å². The van der Waals surface area contributed by atoms with Gasteiger partial charge in [0.05, 0.1) is 18.2 Å². The lowest BCUT2D eigenvalue weighted by Crippen LogP contribution is -2.24. The molecule has 0 spiro atoms. The summed E-state index contributed by atoms with van der Waals surface area (Å²) < 4.78 is 11.1. The number of hydrogen-bond donors (Lipinski definition) is 2. The summed E-state index contributed by atoms with van der Waals surface area (Å²) in [6, 6.07) is 8.73. The molecule has 3 N–H and O–H groups in total. The fourth-order valence-electron chi connectivity index (χ4n) is 2.25. The van der Waals surface area contributed by atoms with Gasteiger partial charge in [0.2, 0.25) is 0 Å². The second kappa shape index (κ2) is 5.02. The minimum atomic E-state index is -0.398. The van der Waals surface area contributed by atoms with Crippen LogP contribution in [0.5, 0.6) is 5.75 Å². The van der Waals surface area contributed by atoms with Crippen LogP contribution in [0.15, 0.2) is 34.7 Å². The Kier molecular flexibility index (Phi) is 3.20. The molecule has 0 radical (unpaired) electrons. The molecule has 1 aromatic carbocycles. The van der Waals surface area contributed by atoms with E-state index >= 15 is 0 Å². The third-order valence-corrected chi connectivity index (χ3v) is 3.32. The van der Waals surface area contributed by atoms with Crippen LogP contribution in [0, 0.1) is 6.92 Å². The number of benzene rings is 1. The van der Waals surface area contributed by atoms with Crippen LogP contribution in [0.3, 0.4) is 0 Å². The summed E-state index contributed by atoms with van der Waals surface area (Å²) in [6.07, 6.45) is 0. The summed E-state index contributed by atoms with van der Waals surface area (Å²) in [5.74, 6) is 1.94. The first-order valence-corrected chi connectivity index (χ1v) is 6.52. The van der Waals surface area contributed by atoms with E-state index in [1.54, 1.807) is 12.1 Å². The third kappa shape index (κ3) is 2.28. The van der Waals surface area contributed by atoms with Crippen LogP contribution >= 0.6 is 0 Å². The average Bonchev–Trinajstić information content (AvgIpc) is 2.80. The van der Waals surface area contributed by atoms with Gasteiger partial charge in [-0.2, -0.15) is 0 Å². The Morgan fingerprint density at radius 1 is 1.30 bits per heavy atom. The molecule has 0 saturated carbocycles. The van der Waals surface area contributed by atoms with Crippen molar-refractivity contribution in [2.45, 2.75) is 13.0 Å². The number of nitrogens with two attached hydrogens (primary N) is 1. The summed E-state index contributed by atoms with van der Waals surface area (Å²) >= 11 is 0. The largest absolute Gasteiger partial charge is 0.491 e. The highest BCUT2D eigenvalue weighted by Gasteiger charge is 2.20. The number of nitrogens with one attached hydrogen (secondary N) is 1. The highest BCUT2D eigenvalue weighted by Crippen LogP contribution is 2.27. The molecule has 1 aliphatic rings. The molecule has 1 atom stereocenters. The predicted molar refractivity (Wildman–Crippen MR) is 73.7 cm³/mol. The fourth-order valence-corrected chi connectivity index (χ4v) is 2.25. The molecule has 0 bridgehead atoms. The van der Waals surface area contributed by atoms with Gasteiger partial charge < -0.3 is 20.2 Å². The van der Waals surface area contributed by atoms with Gasteiger partial charge in [0.15, 0.2) is 0 Å². The monoisotopic (exact) mass is 272 g/mol. The number of hydrogen-bond acceptors (Lipinski definition) is 4. The van der Waals surface area contributed by atoms with Gasteiger partial charge in [-0.15, -0.1) is 0 Å². The van der Waals surface area contributed by atoms with Crippen LogP contribution < -0.4 is 15.8 Å². The summed E-state index contributed by atoms with van der Waals surface area (Å²) in [5.41, 5.74) is 7.51. The quantitative estimate of drug-likeness (QED) is 0.873. The van der Waals surface area contributed by atoms with E-state index in [2.05, 4.69) is 5.32 Å². The Morgan fingerprint density at radius 3 is 2.90 bits per heavy atom. The number of carbonyl (C=O) groups excluding carboxylic acids is 1. The lowest BCUT2D eigenvalue weighted by molar-refractivity contribution is 0.0957. The van der Waals surface area contributed by atoms with E-state index in [1.807, 2.05) is 25.1 Å². The molecular formula is C15H16N2O3. The van der Waals surface area contributed by atoms with Crippen molar-refractivity contribution in [3.63, 3.8) is 0 Å². The number of aryl methyl sites for hydroxylation is 1. The summed E-state index contributed by atoms with van der Waals surface area (Å²) in [6.45, 7) is 2.85. The molecule has 2 heterocycles. The summed E-state index contributed by atoms with van der Waals surface area (Å²) in [5, 5.41) is 2.78. The Balaban J connectivity index is 1.97. The van der Waals surface area contributed by atoms with Crippen molar-refractivity contribution in [2.75, 3.05) is 13.2 Å². The van der Waals surface area contributed by atoms with Crippen molar-refractivity contribution in [1.82, 2.24) is 5.32 Å². The molecule has 1 aliphatic heterocycles. The molecule has 5 heteroatoms. The van der Waals surface area contributed by atoms with E-state index in [-0.39, 0.29) is 5.91 Å². The molecule has 5 nitrogen and oxygen atoms in total. The van der Waals surface area contributed by atoms with Crippen molar-refractivity contribution in [2.24, 2.45) is 5.73 Å². The summed E-state index contributed by atoms with van der Waals surface area (Å²) in [7, 11) is 0. The maximum Gasteiger partial charge on any atom is 0.255 e. The maximum atomic E-state index is 12.0. The van der Waals surface area contributed by atoms with Gasteiger partial charge in [-0.05, 0) is 36.8 Å². The Bertz CT molecular complexity index is 648. The number of rotatable bonds is 2. The van der Waals surface area contributed by atoms with E-state index in [0.29, 0.717) is 30.2 Å². The predicted octanol–water partition coefficient (Wildman–Crippen LogP) is 1.76. The van der Waals surface area contributed by atoms with E-state index in [1.165, 1.54) is 0 Å².